The zero-order valence-electron chi connectivity index (χ0n) is 32.1. The van der Waals surface area contributed by atoms with Gasteiger partial charge in [0.05, 0.1) is 46.4 Å². The molecule has 0 fully saturated rings. The number of hydrazone groups is 1. The molecule has 64 heavy (non-hydrogen) atoms. The smallest absolute Gasteiger partial charge is 0.355 e. The number of azo groups is 3. The fraction of sp³-hybridized carbons (Fsp3) is 0.139. The van der Waals surface area contributed by atoms with Gasteiger partial charge in [0.25, 0.3) is 26.1 Å². The second-order valence-corrected chi connectivity index (χ2v) is 16.3. The van der Waals surface area contributed by atoms with E-state index in [4.69, 9.17) is 15.2 Å². The average molecular weight is 942 g/mol. The van der Waals surface area contributed by atoms with E-state index in [1.54, 1.807) is 0 Å². The number of nitrogen functional groups attached to an aromatic ring is 1. The molecule has 1 heterocycles. The molecule has 9 N–H and O–H groups in total. The quantitative estimate of drug-likeness (QED) is 0.0132. The zero-order chi connectivity index (χ0) is 46.3. The maximum atomic E-state index is 13.3. The van der Waals surface area contributed by atoms with Crippen molar-refractivity contribution in [1.29, 1.82) is 0 Å². The number of carboxylic acid groups (broad SMARTS) is 1. The predicted molar refractivity (Wildman–Crippen MR) is 223 cm³/mol. The van der Waals surface area contributed by atoms with E-state index in [1.165, 1.54) is 60.7 Å². The van der Waals surface area contributed by atoms with Gasteiger partial charge in [0, 0.05) is 23.2 Å². The predicted octanol–water partition coefficient (Wildman–Crippen LogP) is 5.63. The number of aromatic hydroxyl groups is 1. The van der Waals surface area contributed by atoms with Gasteiger partial charge in [0.15, 0.2) is 11.5 Å². The Labute approximate surface area is 364 Å². The molecule has 6 rings (SSSR count). The molecule has 28 heteroatoms. The fourth-order valence-corrected chi connectivity index (χ4v) is 7.30. The number of phenolic OH excluding ortho intramolecular Hbond substituents is 1. The number of benzene rings is 5. The number of phenols is 1. The van der Waals surface area contributed by atoms with Crippen LogP contribution in [0.15, 0.2) is 129 Å². The van der Waals surface area contributed by atoms with E-state index >= 15 is 0 Å². The number of anilines is 2. The van der Waals surface area contributed by atoms with Crippen molar-refractivity contribution in [1.82, 2.24) is 0 Å². The highest BCUT2D eigenvalue weighted by molar-refractivity contribution is 7.94. The van der Waals surface area contributed by atoms with Crippen LogP contribution in [0, 0.1) is 0 Å². The van der Waals surface area contributed by atoms with Gasteiger partial charge >= 0.3 is 5.97 Å². The molecule has 334 valence electrons. The van der Waals surface area contributed by atoms with Crippen LogP contribution in [0.2, 0.25) is 0 Å². The number of nitrogens with zero attached hydrogens (tertiary/aromatic N) is 8. The molecule has 0 radical (unpaired) electrons. The molecule has 1 aliphatic heterocycles. The summed E-state index contributed by atoms with van der Waals surface area (Å²) in [5.74, 6) is -3.45. The molecule has 0 aromatic heterocycles. The van der Waals surface area contributed by atoms with Gasteiger partial charge in [-0.3, -0.25) is 13.9 Å². The second-order valence-electron chi connectivity index (χ2n) is 12.7. The van der Waals surface area contributed by atoms with Gasteiger partial charge in [-0.2, -0.15) is 41.5 Å². The van der Waals surface area contributed by atoms with Crippen LogP contribution >= 0.6 is 12.0 Å². The number of carbonyl (C=O) groups is 2. The number of aliphatic carboxylic acids is 1. The summed E-state index contributed by atoms with van der Waals surface area (Å²) in [6.07, 6.45) is 0. The number of amides is 1. The summed E-state index contributed by atoms with van der Waals surface area (Å²) < 4.78 is 81.9. The Hall–Kier alpha value is -7.02. The van der Waals surface area contributed by atoms with Crippen LogP contribution in [0.4, 0.5) is 39.8 Å². The van der Waals surface area contributed by atoms with Crippen LogP contribution in [0.1, 0.15) is 0 Å². The number of nitrogens with two attached hydrogens (primary N) is 1. The molecule has 25 nitrogen and oxygen atoms in total. The average Bonchev–Trinajstić information content (AvgIpc) is 3.59. The largest absolute Gasteiger partial charge is 0.505 e. The Morgan fingerprint density at radius 1 is 0.812 bits per heavy atom. The number of aliphatic hydroxyl groups excluding tert-OH is 2. The highest BCUT2D eigenvalue weighted by Gasteiger charge is 2.41. The van der Waals surface area contributed by atoms with Crippen LogP contribution in [0.5, 0.6) is 17.2 Å². The molecule has 1 amide bonds. The van der Waals surface area contributed by atoms with Crippen LogP contribution in [-0.2, 0) is 34.2 Å². The lowest BCUT2D eigenvalue weighted by molar-refractivity contribution is -0.130. The lowest BCUT2D eigenvalue weighted by atomic mass is 10.1. The third-order valence-corrected chi connectivity index (χ3v) is 10.8. The normalized spacial score (nSPS) is 14.6. The minimum absolute atomic E-state index is 0.00693. The van der Waals surface area contributed by atoms with Crippen LogP contribution in [0.3, 0.4) is 0 Å². The van der Waals surface area contributed by atoms with E-state index in [-0.39, 0.29) is 74.8 Å². The number of hydrogen-bond acceptors (Lipinski definition) is 22. The minimum atomic E-state index is -4.79. The van der Waals surface area contributed by atoms with E-state index in [1.807, 2.05) is 0 Å². The number of rotatable bonds is 18. The van der Waals surface area contributed by atoms with E-state index in [2.05, 4.69) is 40.1 Å². The lowest BCUT2D eigenvalue weighted by Crippen LogP contribution is -2.33. The standard InChI is InChI=1S/C36H31N9O16S3/c37-19-5-7-24(30(13-19)64(56,57)58)39-40-25-16-28(60-11-9-47)26(17-27(25)59-10-8-46)41-42-31-29(62-61-52)12-18-4-6-20(14-23(18)34(31)48)38-43-32-33(36(50)51)44-45(35(32)49)21-2-1-3-22(15-21)63(53,54)55/h1-7,12-17,32,46-48,52H,8-11,37H2,(H,50,51)(H,53,54,55)(H,56,57,58). The first kappa shape index (κ1) is 46.5. The first-order chi connectivity index (χ1) is 30.4. The monoisotopic (exact) mass is 941 g/mol. The summed E-state index contributed by atoms with van der Waals surface area (Å²) in [7, 11) is -9.49. The van der Waals surface area contributed by atoms with Gasteiger partial charge in [0.2, 0.25) is 6.04 Å². The topological polar surface area (TPSA) is 388 Å². The molecule has 0 bridgehead atoms. The Morgan fingerprint density at radius 3 is 2.08 bits per heavy atom. The molecule has 5 aromatic rings. The molecule has 0 saturated heterocycles. The van der Waals surface area contributed by atoms with Crippen molar-refractivity contribution in [3.05, 3.63) is 78.9 Å². The molecule has 0 saturated carbocycles. The Morgan fingerprint density at radius 2 is 1.47 bits per heavy atom. The van der Waals surface area contributed by atoms with Crippen LogP contribution < -0.4 is 20.2 Å². The highest BCUT2D eigenvalue weighted by Crippen LogP contribution is 2.47. The molecule has 0 aliphatic carbocycles. The maximum absolute atomic E-state index is 13.3. The lowest BCUT2D eigenvalue weighted by Gasteiger charge is -2.13. The maximum Gasteiger partial charge on any atom is 0.355 e. The fourth-order valence-electron chi connectivity index (χ4n) is 5.65. The number of fused-ring (bicyclic) bond motifs is 1. The van der Waals surface area contributed by atoms with Crippen molar-refractivity contribution in [3.63, 3.8) is 0 Å². The number of ether oxygens (including phenoxy) is 2. The third-order valence-electron chi connectivity index (χ3n) is 8.46. The van der Waals surface area contributed by atoms with Crippen molar-refractivity contribution < 1.29 is 75.0 Å². The Kier molecular flexibility index (Phi) is 14.2. The summed E-state index contributed by atoms with van der Waals surface area (Å²) in [6, 6.07) is 14.0. The van der Waals surface area contributed by atoms with Crippen molar-refractivity contribution in [2.24, 2.45) is 35.8 Å². The molecule has 0 spiro atoms. The number of aliphatic hydroxyl groups is 2. The SMILES string of the molecule is Nc1ccc(N=Nc2cc(OCCO)c(N=Nc3c(SOO)cc4ccc(N=NC5C(=O)N(c6cccc(S(=O)(=O)O)c6)N=C5C(=O)O)cc4c3O)cc2OCCO)c(S(=O)(=O)O)c1. The molecule has 5 aromatic carbocycles. The van der Waals surface area contributed by atoms with Gasteiger partial charge < -0.3 is 35.6 Å². The van der Waals surface area contributed by atoms with Gasteiger partial charge in [0.1, 0.15) is 52.4 Å². The summed E-state index contributed by atoms with van der Waals surface area (Å²) >= 11 is 0.373. The minimum Gasteiger partial charge on any atom is -0.505 e. The van der Waals surface area contributed by atoms with Crippen molar-refractivity contribution >= 4 is 100 Å². The molecule has 1 atom stereocenters. The first-order valence-electron chi connectivity index (χ1n) is 17.7. The number of carboxylic acids is 1. The summed E-state index contributed by atoms with van der Waals surface area (Å²) in [4.78, 5) is 24.2. The third kappa shape index (κ3) is 10.6. The molecular weight excluding hydrogens is 911 g/mol. The van der Waals surface area contributed by atoms with Crippen molar-refractivity contribution in [3.8, 4) is 17.2 Å². The highest BCUT2D eigenvalue weighted by atomic mass is 32.2. The molecule has 1 aliphatic rings. The summed E-state index contributed by atoms with van der Waals surface area (Å²) in [5.41, 5.74) is 3.86. The van der Waals surface area contributed by atoms with Gasteiger partial charge in [-0.1, -0.05) is 12.1 Å². The van der Waals surface area contributed by atoms with Crippen molar-refractivity contribution in [2.75, 3.05) is 37.2 Å². The number of carbonyl (C=O) groups excluding carboxylic acids is 1. The summed E-state index contributed by atoms with van der Waals surface area (Å²) in [6.45, 7) is -1.50. The zero-order valence-corrected chi connectivity index (χ0v) is 34.5. The first-order valence-corrected chi connectivity index (χ1v) is 21.3. The van der Waals surface area contributed by atoms with Gasteiger partial charge in [-0.15, -0.1) is 20.5 Å². The van der Waals surface area contributed by atoms with E-state index < -0.39 is 72.6 Å². The van der Waals surface area contributed by atoms with E-state index in [0.29, 0.717) is 22.4 Å². The second kappa shape index (κ2) is 19.6. The summed E-state index contributed by atoms with van der Waals surface area (Å²) in [5, 5.41) is 78.6. The Balaban J connectivity index is 1.37. The van der Waals surface area contributed by atoms with Gasteiger partial charge in [-0.25, -0.2) is 10.1 Å². The molecule has 1 unspecified atom stereocenters. The molecular formula is C36H31N9O16S3. The van der Waals surface area contributed by atoms with Gasteiger partial charge in [-0.05, 0) is 60.0 Å². The van der Waals surface area contributed by atoms with Crippen LogP contribution in [0.25, 0.3) is 10.8 Å². The Bertz CT molecular complexity index is 3000. The van der Waals surface area contributed by atoms with Crippen molar-refractivity contribution in [2.45, 2.75) is 20.7 Å². The van der Waals surface area contributed by atoms with E-state index in [0.717, 1.165) is 18.2 Å². The number of hydrogen-bond donors (Lipinski definition) is 8. The van der Waals surface area contributed by atoms with Crippen LogP contribution in [-0.4, -0.2) is 102 Å². The van der Waals surface area contributed by atoms with E-state index in [9.17, 15) is 61.2 Å².